The molecule has 2 unspecified atom stereocenters. The zero-order valence-corrected chi connectivity index (χ0v) is 10.8. The van der Waals surface area contributed by atoms with Crippen LogP contribution in [0.4, 0.5) is 0 Å². The summed E-state index contributed by atoms with van der Waals surface area (Å²) in [6.07, 6.45) is 3.94. The minimum Gasteiger partial charge on any atom is -0.487 e. The van der Waals surface area contributed by atoms with Gasteiger partial charge in [-0.1, -0.05) is 29.6 Å². The molecule has 1 aromatic carbocycles. The van der Waals surface area contributed by atoms with Gasteiger partial charge in [-0.2, -0.15) is 5.26 Å². The van der Waals surface area contributed by atoms with Crippen molar-refractivity contribution in [3.05, 3.63) is 28.2 Å². The maximum absolute atomic E-state index is 9.07. The standard InChI is InChI=1S/C13H13Cl2NO/c14-10-5-6-11(15)13(7-10)17-12-4-2-1-3-9(12)8-16/h5-7,9,12H,1-4H2. The largest absolute Gasteiger partial charge is 0.487 e. The molecule has 1 saturated carbocycles. The van der Waals surface area contributed by atoms with E-state index in [2.05, 4.69) is 6.07 Å². The Kier molecular flexibility index (Phi) is 4.15. The molecule has 4 heteroatoms. The Balaban J connectivity index is 2.14. The molecule has 0 amide bonds. The van der Waals surface area contributed by atoms with E-state index in [0.717, 1.165) is 25.7 Å². The molecule has 0 saturated heterocycles. The van der Waals surface area contributed by atoms with E-state index < -0.39 is 0 Å². The third kappa shape index (κ3) is 3.06. The highest BCUT2D eigenvalue weighted by Crippen LogP contribution is 2.33. The summed E-state index contributed by atoms with van der Waals surface area (Å²) >= 11 is 11.9. The smallest absolute Gasteiger partial charge is 0.139 e. The van der Waals surface area contributed by atoms with Crippen molar-refractivity contribution in [1.82, 2.24) is 0 Å². The van der Waals surface area contributed by atoms with E-state index in [1.54, 1.807) is 18.2 Å². The van der Waals surface area contributed by atoms with Gasteiger partial charge in [-0.3, -0.25) is 0 Å². The van der Waals surface area contributed by atoms with Gasteiger partial charge in [0.25, 0.3) is 0 Å². The van der Waals surface area contributed by atoms with Crippen molar-refractivity contribution in [2.75, 3.05) is 0 Å². The summed E-state index contributed by atoms with van der Waals surface area (Å²) in [7, 11) is 0. The molecule has 1 aliphatic rings. The Morgan fingerprint density at radius 1 is 1.24 bits per heavy atom. The molecule has 90 valence electrons. The van der Waals surface area contributed by atoms with Gasteiger partial charge in [-0.25, -0.2) is 0 Å². The van der Waals surface area contributed by atoms with Crippen molar-refractivity contribution in [2.45, 2.75) is 31.8 Å². The fourth-order valence-electron chi connectivity index (χ4n) is 2.12. The third-order valence-electron chi connectivity index (χ3n) is 3.04. The van der Waals surface area contributed by atoms with Crippen LogP contribution in [0.5, 0.6) is 5.75 Å². The summed E-state index contributed by atoms with van der Waals surface area (Å²) in [6, 6.07) is 7.44. The quantitative estimate of drug-likeness (QED) is 0.795. The summed E-state index contributed by atoms with van der Waals surface area (Å²) in [5, 5.41) is 10.2. The van der Waals surface area contributed by atoms with Gasteiger partial charge in [0.1, 0.15) is 11.9 Å². The Bertz CT molecular complexity index is 442. The molecule has 0 heterocycles. The van der Waals surface area contributed by atoms with Crippen LogP contribution in [0.15, 0.2) is 18.2 Å². The second-order valence-corrected chi connectivity index (χ2v) is 5.09. The monoisotopic (exact) mass is 269 g/mol. The van der Waals surface area contributed by atoms with Crippen LogP contribution in [-0.4, -0.2) is 6.10 Å². The van der Waals surface area contributed by atoms with E-state index >= 15 is 0 Å². The minimum absolute atomic E-state index is 0.0428. The molecule has 0 aliphatic heterocycles. The van der Waals surface area contributed by atoms with Crippen LogP contribution in [-0.2, 0) is 0 Å². The molecule has 0 radical (unpaired) electrons. The Hall–Kier alpha value is -0.910. The Labute approximate surface area is 111 Å². The summed E-state index contributed by atoms with van der Waals surface area (Å²) < 4.78 is 5.83. The van der Waals surface area contributed by atoms with Gasteiger partial charge in [-0.05, 0) is 31.4 Å². The summed E-state index contributed by atoms with van der Waals surface area (Å²) in [6.45, 7) is 0. The zero-order valence-electron chi connectivity index (χ0n) is 9.33. The number of nitriles is 1. The lowest BCUT2D eigenvalue weighted by molar-refractivity contribution is 0.120. The molecule has 2 rings (SSSR count). The molecule has 17 heavy (non-hydrogen) atoms. The second kappa shape index (κ2) is 5.62. The van der Waals surface area contributed by atoms with E-state index in [-0.39, 0.29) is 12.0 Å². The van der Waals surface area contributed by atoms with E-state index in [1.807, 2.05) is 0 Å². The topological polar surface area (TPSA) is 33.0 Å². The summed E-state index contributed by atoms with van der Waals surface area (Å²) in [5.74, 6) is 0.533. The van der Waals surface area contributed by atoms with Crippen LogP contribution in [0.3, 0.4) is 0 Å². The highest BCUT2D eigenvalue weighted by molar-refractivity contribution is 6.34. The molecule has 1 aromatic rings. The maximum Gasteiger partial charge on any atom is 0.139 e. The van der Waals surface area contributed by atoms with E-state index in [4.69, 9.17) is 33.2 Å². The first-order valence-electron chi connectivity index (χ1n) is 5.72. The maximum atomic E-state index is 9.07. The predicted octanol–water partition coefficient (Wildman–Crippen LogP) is 4.45. The van der Waals surface area contributed by atoms with Crippen LogP contribution >= 0.6 is 23.2 Å². The predicted molar refractivity (Wildman–Crippen MR) is 68.4 cm³/mol. The molecule has 0 N–H and O–H groups in total. The van der Waals surface area contributed by atoms with Crippen molar-refractivity contribution in [3.8, 4) is 11.8 Å². The number of ether oxygens (including phenoxy) is 1. The van der Waals surface area contributed by atoms with Crippen molar-refractivity contribution in [2.24, 2.45) is 5.92 Å². The average molecular weight is 270 g/mol. The average Bonchev–Trinajstić information content (AvgIpc) is 2.34. The number of benzene rings is 1. The fraction of sp³-hybridized carbons (Fsp3) is 0.462. The van der Waals surface area contributed by atoms with Crippen molar-refractivity contribution < 1.29 is 4.74 Å². The number of hydrogen-bond donors (Lipinski definition) is 0. The minimum atomic E-state index is -0.0651. The van der Waals surface area contributed by atoms with E-state index in [9.17, 15) is 0 Å². The molecule has 0 bridgehead atoms. The number of hydrogen-bond acceptors (Lipinski definition) is 2. The molecule has 1 aliphatic carbocycles. The first-order chi connectivity index (χ1) is 8.20. The van der Waals surface area contributed by atoms with Gasteiger partial charge in [-0.15, -0.1) is 0 Å². The highest BCUT2D eigenvalue weighted by Gasteiger charge is 2.27. The van der Waals surface area contributed by atoms with Crippen LogP contribution in [0.25, 0.3) is 0 Å². The van der Waals surface area contributed by atoms with Crippen LogP contribution in [0.2, 0.25) is 10.0 Å². The molecule has 0 aromatic heterocycles. The number of rotatable bonds is 2. The number of nitrogens with zero attached hydrogens (tertiary/aromatic N) is 1. The van der Waals surface area contributed by atoms with E-state index in [1.165, 1.54) is 0 Å². The molecular formula is C13H13Cl2NO. The van der Waals surface area contributed by atoms with Crippen LogP contribution < -0.4 is 4.74 Å². The SMILES string of the molecule is N#CC1CCCCC1Oc1cc(Cl)ccc1Cl. The third-order valence-corrected chi connectivity index (χ3v) is 3.59. The summed E-state index contributed by atoms with van der Waals surface area (Å²) in [4.78, 5) is 0. The van der Waals surface area contributed by atoms with Gasteiger partial charge in [0, 0.05) is 11.1 Å². The second-order valence-electron chi connectivity index (χ2n) is 4.25. The van der Waals surface area contributed by atoms with Gasteiger partial charge >= 0.3 is 0 Å². The van der Waals surface area contributed by atoms with Gasteiger partial charge in [0.2, 0.25) is 0 Å². The van der Waals surface area contributed by atoms with Crippen LogP contribution in [0.1, 0.15) is 25.7 Å². The number of halogens is 2. The molecule has 1 fully saturated rings. The molecule has 0 spiro atoms. The van der Waals surface area contributed by atoms with Crippen molar-refractivity contribution >= 4 is 23.2 Å². The first-order valence-corrected chi connectivity index (χ1v) is 6.47. The fourth-order valence-corrected chi connectivity index (χ4v) is 2.44. The highest BCUT2D eigenvalue weighted by atomic mass is 35.5. The van der Waals surface area contributed by atoms with Gasteiger partial charge in [0.15, 0.2) is 0 Å². The van der Waals surface area contributed by atoms with Crippen LogP contribution in [0, 0.1) is 17.2 Å². The lowest BCUT2D eigenvalue weighted by atomic mass is 9.87. The normalized spacial score (nSPS) is 24.1. The molecule has 2 nitrogen and oxygen atoms in total. The van der Waals surface area contributed by atoms with Crippen molar-refractivity contribution in [3.63, 3.8) is 0 Å². The summed E-state index contributed by atoms with van der Waals surface area (Å²) in [5.41, 5.74) is 0. The first kappa shape index (κ1) is 12.5. The lowest BCUT2D eigenvalue weighted by Crippen LogP contribution is -2.29. The zero-order chi connectivity index (χ0) is 12.3. The lowest BCUT2D eigenvalue weighted by Gasteiger charge is -2.27. The molecule has 2 atom stereocenters. The Morgan fingerprint density at radius 2 is 2.00 bits per heavy atom. The molecular weight excluding hydrogens is 257 g/mol. The van der Waals surface area contributed by atoms with Crippen molar-refractivity contribution in [1.29, 1.82) is 5.26 Å². The Morgan fingerprint density at radius 3 is 2.76 bits per heavy atom. The van der Waals surface area contributed by atoms with E-state index in [0.29, 0.717) is 15.8 Å². The van der Waals surface area contributed by atoms with Gasteiger partial charge in [0.05, 0.1) is 17.0 Å². The van der Waals surface area contributed by atoms with Gasteiger partial charge < -0.3 is 4.74 Å².